The molecule has 0 aliphatic carbocycles. The Kier molecular flexibility index (Phi) is 10.5. The first-order valence-electron chi connectivity index (χ1n) is 12.9. The zero-order chi connectivity index (χ0) is 24.8. The number of carbonyl (C=O) groups is 1. The van der Waals surface area contributed by atoms with Gasteiger partial charge in [0.25, 0.3) is 5.91 Å². The van der Waals surface area contributed by atoms with Crippen LogP contribution in [-0.2, 0) is 14.2 Å². The molecule has 2 aliphatic heterocycles. The van der Waals surface area contributed by atoms with Crippen LogP contribution in [-0.4, -0.2) is 99.8 Å². The number of carbonyl (C=O) groups excluding carboxylic acids is 1. The lowest BCUT2D eigenvalue weighted by Crippen LogP contribution is -2.38. The number of nitrogens with zero attached hydrogens (tertiary/aromatic N) is 5. The summed E-state index contributed by atoms with van der Waals surface area (Å²) in [6.07, 6.45) is 3.58. The number of nitrogens with one attached hydrogen (secondary N) is 2. The average Bonchev–Trinajstić information content (AvgIpc) is 2.95. The van der Waals surface area contributed by atoms with E-state index < -0.39 is 0 Å². The SMILES string of the molecule is O=C(NCCOCCOCCNc1nc(N2CCCCC2)nc(N2CCOCC2)n1)c1ccccc1. The Balaban J connectivity index is 1.13. The number of hydrogen-bond acceptors (Lipinski definition) is 10. The van der Waals surface area contributed by atoms with Gasteiger partial charge in [0.2, 0.25) is 17.8 Å². The molecule has 1 amide bonds. The number of aromatic nitrogens is 3. The second-order valence-electron chi connectivity index (χ2n) is 8.68. The van der Waals surface area contributed by atoms with Crippen molar-refractivity contribution in [1.82, 2.24) is 20.3 Å². The lowest BCUT2D eigenvalue weighted by molar-refractivity contribution is 0.0519. The van der Waals surface area contributed by atoms with Gasteiger partial charge in [-0.1, -0.05) is 18.2 Å². The van der Waals surface area contributed by atoms with Gasteiger partial charge in [-0.15, -0.1) is 0 Å². The maximum atomic E-state index is 12.0. The van der Waals surface area contributed by atoms with Crippen molar-refractivity contribution in [2.24, 2.45) is 0 Å². The maximum Gasteiger partial charge on any atom is 0.251 e. The molecular formula is C25H37N7O4. The zero-order valence-corrected chi connectivity index (χ0v) is 20.9. The quantitative estimate of drug-likeness (QED) is 0.394. The fourth-order valence-electron chi connectivity index (χ4n) is 4.06. The van der Waals surface area contributed by atoms with E-state index >= 15 is 0 Å². The van der Waals surface area contributed by atoms with Crippen LogP contribution in [0.5, 0.6) is 0 Å². The molecule has 3 heterocycles. The van der Waals surface area contributed by atoms with Gasteiger partial charge in [0.1, 0.15) is 0 Å². The number of ether oxygens (including phenoxy) is 3. The minimum Gasteiger partial charge on any atom is -0.378 e. The molecule has 0 unspecified atom stereocenters. The van der Waals surface area contributed by atoms with E-state index in [-0.39, 0.29) is 5.91 Å². The van der Waals surface area contributed by atoms with Crippen molar-refractivity contribution >= 4 is 23.8 Å². The minimum absolute atomic E-state index is 0.0972. The van der Waals surface area contributed by atoms with Crippen LogP contribution >= 0.6 is 0 Å². The van der Waals surface area contributed by atoms with Gasteiger partial charge in [0, 0.05) is 44.8 Å². The van der Waals surface area contributed by atoms with Crippen molar-refractivity contribution in [2.75, 3.05) is 94.0 Å². The molecule has 0 bridgehead atoms. The third-order valence-electron chi connectivity index (χ3n) is 6.01. The second kappa shape index (κ2) is 14.5. The van der Waals surface area contributed by atoms with Crippen molar-refractivity contribution < 1.29 is 19.0 Å². The molecule has 2 N–H and O–H groups in total. The fraction of sp³-hybridized carbons (Fsp3) is 0.600. The molecule has 0 saturated carbocycles. The Hall–Kier alpha value is -3.02. The molecule has 4 rings (SSSR count). The Morgan fingerprint density at radius 3 is 2.14 bits per heavy atom. The van der Waals surface area contributed by atoms with E-state index in [4.69, 9.17) is 19.2 Å². The molecular weight excluding hydrogens is 462 g/mol. The molecule has 0 spiro atoms. The largest absolute Gasteiger partial charge is 0.378 e. The number of hydrogen-bond donors (Lipinski definition) is 2. The van der Waals surface area contributed by atoms with Crippen molar-refractivity contribution in [3.05, 3.63) is 35.9 Å². The summed E-state index contributed by atoms with van der Waals surface area (Å²) in [4.78, 5) is 30.5. The van der Waals surface area contributed by atoms with E-state index in [1.165, 1.54) is 6.42 Å². The highest BCUT2D eigenvalue weighted by atomic mass is 16.5. The molecule has 11 heteroatoms. The standard InChI is InChI=1S/C25H37N7O4/c33-22(21-7-3-1-4-8-21)26-9-15-34-19-20-35-16-10-27-23-28-24(31-11-5-2-6-12-31)30-25(29-23)32-13-17-36-18-14-32/h1,3-4,7-8H,2,5-6,9-20H2,(H,26,33)(H,27,28,29,30). The summed E-state index contributed by atoms with van der Waals surface area (Å²) in [6, 6.07) is 9.14. The minimum atomic E-state index is -0.0972. The van der Waals surface area contributed by atoms with E-state index in [0.29, 0.717) is 70.2 Å². The molecule has 0 radical (unpaired) electrons. The number of rotatable bonds is 13. The molecule has 36 heavy (non-hydrogen) atoms. The molecule has 2 saturated heterocycles. The molecule has 196 valence electrons. The summed E-state index contributed by atoms with van der Waals surface area (Å²) in [5, 5.41) is 6.12. The first-order chi connectivity index (χ1) is 17.8. The topological polar surface area (TPSA) is 114 Å². The van der Waals surface area contributed by atoms with Gasteiger partial charge < -0.3 is 34.6 Å². The van der Waals surface area contributed by atoms with Crippen molar-refractivity contribution in [1.29, 1.82) is 0 Å². The molecule has 2 fully saturated rings. The Morgan fingerprint density at radius 1 is 0.806 bits per heavy atom. The van der Waals surface area contributed by atoms with E-state index in [2.05, 4.69) is 30.4 Å². The first kappa shape index (κ1) is 26.1. The van der Waals surface area contributed by atoms with Gasteiger partial charge in [-0.25, -0.2) is 0 Å². The third kappa shape index (κ3) is 8.28. The summed E-state index contributed by atoms with van der Waals surface area (Å²) in [6.45, 7) is 7.81. The number of amides is 1. The predicted molar refractivity (Wildman–Crippen MR) is 138 cm³/mol. The van der Waals surface area contributed by atoms with Gasteiger partial charge in [0.15, 0.2) is 0 Å². The zero-order valence-electron chi connectivity index (χ0n) is 20.9. The van der Waals surface area contributed by atoms with Crippen LogP contribution in [0.2, 0.25) is 0 Å². The normalized spacial score (nSPS) is 16.1. The number of morpholine rings is 1. The smallest absolute Gasteiger partial charge is 0.251 e. The summed E-state index contributed by atoms with van der Waals surface area (Å²) in [5.74, 6) is 1.91. The van der Waals surface area contributed by atoms with Crippen LogP contribution in [0.3, 0.4) is 0 Å². The van der Waals surface area contributed by atoms with Crippen molar-refractivity contribution in [3.8, 4) is 0 Å². The van der Waals surface area contributed by atoms with Crippen LogP contribution in [0.25, 0.3) is 0 Å². The Bertz CT molecular complexity index is 886. The molecule has 0 atom stereocenters. The summed E-state index contributed by atoms with van der Waals surface area (Å²) in [5.41, 5.74) is 0.645. The van der Waals surface area contributed by atoms with Gasteiger partial charge in [0.05, 0.1) is 39.6 Å². The monoisotopic (exact) mass is 499 g/mol. The second-order valence-corrected chi connectivity index (χ2v) is 8.68. The first-order valence-corrected chi connectivity index (χ1v) is 12.9. The highest BCUT2D eigenvalue weighted by molar-refractivity contribution is 5.94. The fourth-order valence-corrected chi connectivity index (χ4v) is 4.06. The van der Waals surface area contributed by atoms with Crippen LogP contribution in [0.4, 0.5) is 17.8 Å². The molecule has 1 aromatic heterocycles. The Morgan fingerprint density at radius 2 is 1.44 bits per heavy atom. The highest BCUT2D eigenvalue weighted by Crippen LogP contribution is 2.20. The Labute approximate surface area is 212 Å². The van der Waals surface area contributed by atoms with Gasteiger partial charge in [-0.05, 0) is 31.4 Å². The molecule has 2 aromatic rings. The van der Waals surface area contributed by atoms with Crippen LogP contribution in [0.15, 0.2) is 30.3 Å². The lowest BCUT2D eigenvalue weighted by atomic mass is 10.1. The average molecular weight is 500 g/mol. The summed E-state index contributed by atoms with van der Waals surface area (Å²) < 4.78 is 16.7. The van der Waals surface area contributed by atoms with Gasteiger partial charge in [-0.2, -0.15) is 15.0 Å². The maximum absolute atomic E-state index is 12.0. The predicted octanol–water partition coefficient (Wildman–Crippen LogP) is 1.57. The van der Waals surface area contributed by atoms with Crippen LogP contribution in [0, 0.1) is 0 Å². The third-order valence-corrected chi connectivity index (χ3v) is 6.01. The van der Waals surface area contributed by atoms with Gasteiger partial charge in [-0.3, -0.25) is 4.79 Å². The number of anilines is 3. The van der Waals surface area contributed by atoms with Crippen LogP contribution in [0.1, 0.15) is 29.6 Å². The molecule has 11 nitrogen and oxygen atoms in total. The van der Waals surface area contributed by atoms with E-state index in [9.17, 15) is 4.79 Å². The lowest BCUT2D eigenvalue weighted by Gasteiger charge is -2.30. The molecule has 2 aliphatic rings. The summed E-state index contributed by atoms with van der Waals surface area (Å²) in [7, 11) is 0. The van der Waals surface area contributed by atoms with Crippen LogP contribution < -0.4 is 20.4 Å². The summed E-state index contributed by atoms with van der Waals surface area (Å²) >= 11 is 0. The number of benzene rings is 1. The van der Waals surface area contributed by atoms with Crippen molar-refractivity contribution in [3.63, 3.8) is 0 Å². The van der Waals surface area contributed by atoms with E-state index in [0.717, 1.165) is 45.0 Å². The van der Waals surface area contributed by atoms with Gasteiger partial charge >= 0.3 is 0 Å². The molecule has 1 aromatic carbocycles. The number of piperidine rings is 1. The van der Waals surface area contributed by atoms with Crippen molar-refractivity contribution in [2.45, 2.75) is 19.3 Å². The van der Waals surface area contributed by atoms with E-state index in [1.807, 2.05) is 18.2 Å². The highest BCUT2D eigenvalue weighted by Gasteiger charge is 2.20. The van der Waals surface area contributed by atoms with E-state index in [1.54, 1.807) is 12.1 Å².